The number of rotatable bonds is 3. The van der Waals surface area contributed by atoms with E-state index in [0.29, 0.717) is 5.92 Å². The van der Waals surface area contributed by atoms with Gasteiger partial charge in [0.1, 0.15) is 0 Å². The average Bonchev–Trinajstić information content (AvgIpc) is 2.84. The van der Waals surface area contributed by atoms with Gasteiger partial charge in [-0.2, -0.15) is 0 Å². The van der Waals surface area contributed by atoms with Crippen molar-refractivity contribution in [3.8, 4) is 0 Å². The fraction of sp³-hybridized carbons (Fsp3) is 0.294. The first kappa shape index (κ1) is 12.6. The molecule has 0 bridgehead atoms. The lowest BCUT2D eigenvalue weighted by Gasteiger charge is -2.15. The Morgan fingerprint density at radius 1 is 1.11 bits per heavy atom. The number of fused-ring (bicyclic) bond motifs is 1. The Labute approximate surface area is 119 Å². The molecule has 19 heavy (non-hydrogen) atoms. The van der Waals surface area contributed by atoms with Crippen molar-refractivity contribution in [3.05, 3.63) is 59.2 Å². The van der Waals surface area contributed by atoms with Crippen LogP contribution in [0.15, 0.2) is 47.4 Å². The number of benzene rings is 2. The first-order valence-corrected chi connectivity index (χ1v) is 7.76. The van der Waals surface area contributed by atoms with Crippen molar-refractivity contribution in [2.24, 2.45) is 0 Å². The fourth-order valence-electron chi connectivity index (χ4n) is 2.57. The molecule has 1 unspecified atom stereocenters. The monoisotopic (exact) mass is 269 g/mol. The normalized spacial score (nSPS) is 17.3. The van der Waals surface area contributed by atoms with Crippen molar-refractivity contribution in [1.29, 1.82) is 0 Å². The largest absolute Gasteiger partial charge is 0.384 e. The van der Waals surface area contributed by atoms with Gasteiger partial charge in [0, 0.05) is 28.8 Å². The maximum Gasteiger partial charge on any atom is 0.0372 e. The molecule has 0 fully saturated rings. The summed E-state index contributed by atoms with van der Waals surface area (Å²) in [6.07, 6.45) is 0. The molecule has 0 aromatic heterocycles. The molecule has 1 N–H and O–H groups in total. The van der Waals surface area contributed by atoms with E-state index in [1.54, 1.807) is 0 Å². The first-order valence-electron chi connectivity index (χ1n) is 6.77. The van der Waals surface area contributed by atoms with Gasteiger partial charge in [0.05, 0.1) is 0 Å². The van der Waals surface area contributed by atoms with Crippen molar-refractivity contribution < 1.29 is 0 Å². The zero-order valence-electron chi connectivity index (χ0n) is 11.4. The minimum absolute atomic E-state index is 0.626. The predicted octanol–water partition coefficient (Wildman–Crippen LogP) is 4.60. The topological polar surface area (TPSA) is 12.0 Å². The summed E-state index contributed by atoms with van der Waals surface area (Å²) in [5.74, 6) is 1.82. The molecule has 2 aromatic rings. The second-order valence-corrected chi connectivity index (χ2v) is 6.24. The Hall–Kier alpha value is -1.41. The second kappa shape index (κ2) is 5.30. The van der Waals surface area contributed by atoms with Gasteiger partial charge in [-0.05, 0) is 42.7 Å². The van der Waals surface area contributed by atoms with Gasteiger partial charge in [0.25, 0.3) is 0 Å². The molecule has 1 atom stereocenters. The highest BCUT2D eigenvalue weighted by Gasteiger charge is 2.22. The molecular weight excluding hydrogens is 250 g/mol. The Kier molecular flexibility index (Phi) is 3.52. The quantitative estimate of drug-likeness (QED) is 0.873. The van der Waals surface area contributed by atoms with Crippen LogP contribution in [0.25, 0.3) is 0 Å². The average molecular weight is 269 g/mol. The molecule has 3 rings (SSSR count). The Bertz CT molecular complexity index is 592. The third kappa shape index (κ3) is 2.50. The summed E-state index contributed by atoms with van der Waals surface area (Å²) in [5, 5.41) is 3.62. The second-order valence-electron chi connectivity index (χ2n) is 5.17. The number of thioether (sulfide) groups is 1. The van der Waals surface area contributed by atoms with Crippen LogP contribution in [0.5, 0.6) is 0 Å². The molecule has 0 aliphatic carbocycles. The lowest BCUT2D eigenvalue weighted by molar-refractivity contribution is 0.818. The molecule has 1 aliphatic heterocycles. The number of anilines is 1. The van der Waals surface area contributed by atoms with Crippen LogP contribution in [0.3, 0.4) is 0 Å². The number of hydrogen-bond acceptors (Lipinski definition) is 2. The van der Waals surface area contributed by atoms with Gasteiger partial charge < -0.3 is 5.32 Å². The summed E-state index contributed by atoms with van der Waals surface area (Å²) >= 11 is 1.98. The van der Waals surface area contributed by atoms with Crippen LogP contribution in [0.1, 0.15) is 22.6 Å². The van der Waals surface area contributed by atoms with Gasteiger partial charge >= 0.3 is 0 Å². The number of aryl methyl sites for hydroxylation is 1. The smallest absolute Gasteiger partial charge is 0.0372 e. The highest BCUT2D eigenvalue weighted by atomic mass is 32.2. The molecule has 1 heterocycles. The lowest BCUT2D eigenvalue weighted by atomic mass is 10.0. The molecule has 2 aromatic carbocycles. The van der Waals surface area contributed by atoms with E-state index in [9.17, 15) is 0 Å². The van der Waals surface area contributed by atoms with Gasteiger partial charge in [0.15, 0.2) is 0 Å². The minimum Gasteiger partial charge on any atom is -0.384 e. The molecule has 0 amide bonds. The van der Waals surface area contributed by atoms with Crippen LogP contribution in [-0.4, -0.2) is 12.3 Å². The van der Waals surface area contributed by atoms with E-state index < -0.39 is 0 Å². The molecule has 2 heteroatoms. The van der Waals surface area contributed by atoms with E-state index in [2.05, 4.69) is 61.6 Å². The van der Waals surface area contributed by atoms with Gasteiger partial charge in [-0.3, -0.25) is 0 Å². The number of hydrogen-bond donors (Lipinski definition) is 1. The first-order chi connectivity index (χ1) is 9.25. The summed E-state index contributed by atoms with van der Waals surface area (Å²) in [5.41, 5.74) is 5.49. The molecule has 1 nitrogen and oxygen atoms in total. The van der Waals surface area contributed by atoms with Crippen LogP contribution in [-0.2, 0) is 0 Å². The van der Waals surface area contributed by atoms with Crippen LogP contribution >= 0.6 is 11.8 Å². The third-order valence-corrected chi connectivity index (χ3v) is 5.19. The highest BCUT2D eigenvalue weighted by Crippen LogP contribution is 2.39. The molecule has 0 radical (unpaired) electrons. The van der Waals surface area contributed by atoms with Crippen LogP contribution in [0, 0.1) is 13.8 Å². The zero-order valence-corrected chi connectivity index (χ0v) is 12.3. The van der Waals surface area contributed by atoms with E-state index in [-0.39, 0.29) is 0 Å². The summed E-state index contributed by atoms with van der Waals surface area (Å²) in [6.45, 7) is 5.38. The van der Waals surface area contributed by atoms with Gasteiger partial charge in [-0.1, -0.05) is 30.3 Å². The molecular formula is C17H19NS. The molecule has 1 aliphatic rings. The minimum atomic E-state index is 0.626. The summed E-state index contributed by atoms with van der Waals surface area (Å²) < 4.78 is 0. The third-order valence-electron chi connectivity index (χ3n) is 3.94. The van der Waals surface area contributed by atoms with E-state index in [1.165, 1.54) is 33.0 Å². The van der Waals surface area contributed by atoms with Crippen LogP contribution < -0.4 is 5.32 Å². The van der Waals surface area contributed by atoms with Crippen LogP contribution in [0.2, 0.25) is 0 Å². The maximum absolute atomic E-state index is 3.62. The highest BCUT2D eigenvalue weighted by molar-refractivity contribution is 7.99. The standard InChI is InChI=1S/C17H19NS/c1-12-6-5-8-16(13(12)2)18-10-14-11-19-17-9-4-3-7-15(14)17/h3-9,14,18H,10-11H2,1-2H3. The van der Waals surface area contributed by atoms with Crippen molar-refractivity contribution in [1.82, 2.24) is 0 Å². The molecule has 98 valence electrons. The van der Waals surface area contributed by atoms with E-state index >= 15 is 0 Å². The van der Waals surface area contributed by atoms with E-state index in [4.69, 9.17) is 0 Å². The summed E-state index contributed by atoms with van der Waals surface area (Å²) in [4.78, 5) is 1.45. The maximum atomic E-state index is 3.62. The van der Waals surface area contributed by atoms with Crippen LogP contribution in [0.4, 0.5) is 5.69 Å². The van der Waals surface area contributed by atoms with E-state index in [1.807, 2.05) is 11.8 Å². The van der Waals surface area contributed by atoms with E-state index in [0.717, 1.165) is 6.54 Å². The van der Waals surface area contributed by atoms with Crippen molar-refractivity contribution >= 4 is 17.4 Å². The lowest BCUT2D eigenvalue weighted by Crippen LogP contribution is -2.13. The fourth-order valence-corrected chi connectivity index (χ4v) is 3.83. The molecule has 0 saturated heterocycles. The molecule has 0 spiro atoms. The van der Waals surface area contributed by atoms with Crippen molar-refractivity contribution in [3.63, 3.8) is 0 Å². The predicted molar refractivity (Wildman–Crippen MR) is 84.3 cm³/mol. The van der Waals surface area contributed by atoms with Gasteiger partial charge in [0.2, 0.25) is 0 Å². The van der Waals surface area contributed by atoms with Gasteiger partial charge in [-0.25, -0.2) is 0 Å². The SMILES string of the molecule is Cc1cccc(NCC2CSc3ccccc32)c1C. The van der Waals surface area contributed by atoms with Gasteiger partial charge in [-0.15, -0.1) is 11.8 Å². The van der Waals surface area contributed by atoms with Crippen molar-refractivity contribution in [2.75, 3.05) is 17.6 Å². The summed E-state index contributed by atoms with van der Waals surface area (Å²) in [6, 6.07) is 15.3. The summed E-state index contributed by atoms with van der Waals surface area (Å²) in [7, 11) is 0. The molecule has 0 saturated carbocycles. The Balaban J connectivity index is 1.73. The zero-order chi connectivity index (χ0) is 13.2. The van der Waals surface area contributed by atoms with Crippen molar-refractivity contribution in [2.45, 2.75) is 24.7 Å². The number of nitrogens with one attached hydrogen (secondary N) is 1. The Morgan fingerprint density at radius 3 is 2.84 bits per heavy atom. The Morgan fingerprint density at radius 2 is 1.95 bits per heavy atom.